The van der Waals surface area contributed by atoms with Crippen molar-refractivity contribution < 1.29 is 36.8 Å². The third kappa shape index (κ3) is 6.84. The summed E-state index contributed by atoms with van der Waals surface area (Å²) in [5.41, 5.74) is 6.51. The molecule has 2 aliphatic heterocycles. The summed E-state index contributed by atoms with van der Waals surface area (Å²) in [6.07, 6.45) is -2.33. The quantitative estimate of drug-likeness (QED) is 0.183. The summed E-state index contributed by atoms with van der Waals surface area (Å²) >= 11 is 0. The number of nitrogens with zero attached hydrogens (tertiary/aromatic N) is 5. The Labute approximate surface area is 213 Å². The van der Waals surface area contributed by atoms with E-state index in [0.29, 0.717) is 24.3 Å². The normalized spacial score (nSPS) is 27.0. The molecule has 2 fully saturated rings. The molecule has 4 heterocycles. The molecule has 0 unspecified atom stereocenters. The molecule has 8 N–H and O–H groups in total. The largest absolute Gasteiger partial charge is 2.00 e. The number of fused-ring (bicyclic) bond motifs is 1. The van der Waals surface area contributed by atoms with Crippen molar-refractivity contribution in [2.75, 3.05) is 71.2 Å². The molecule has 0 bridgehead atoms. The van der Waals surface area contributed by atoms with Gasteiger partial charge in [0.2, 0.25) is 0 Å². The average molecular weight is 542 g/mol. The third-order valence-electron chi connectivity index (χ3n) is 6.05. The minimum Gasteiger partial charge on any atom is -0.387 e. The van der Waals surface area contributed by atoms with Crippen LogP contribution in [0.15, 0.2) is 12.7 Å². The van der Waals surface area contributed by atoms with Gasteiger partial charge >= 0.3 is 17.1 Å². The van der Waals surface area contributed by atoms with Crippen LogP contribution in [-0.4, -0.2) is 124 Å². The number of hydrogen-bond donors (Lipinski definition) is 7. The van der Waals surface area contributed by atoms with Crippen molar-refractivity contribution in [3.05, 3.63) is 12.7 Å². The molecule has 35 heavy (non-hydrogen) atoms. The van der Waals surface area contributed by atoms with Gasteiger partial charge in [-0.25, -0.2) is 15.0 Å². The monoisotopic (exact) mass is 541 g/mol. The van der Waals surface area contributed by atoms with Gasteiger partial charge in [-0.1, -0.05) is 0 Å². The fourth-order valence-electron chi connectivity index (χ4n) is 4.14. The first-order chi connectivity index (χ1) is 16.6. The van der Waals surface area contributed by atoms with Crippen LogP contribution in [0, 0.1) is 0 Å². The zero-order valence-electron chi connectivity index (χ0n) is 19.4. The van der Waals surface area contributed by atoms with Crippen molar-refractivity contribution in [1.29, 1.82) is 0 Å². The minimum absolute atomic E-state index is 0. The van der Waals surface area contributed by atoms with E-state index in [2.05, 4.69) is 41.1 Å². The topological polar surface area (TPSA) is 188 Å². The second kappa shape index (κ2) is 13.4. The predicted octanol–water partition coefficient (Wildman–Crippen LogP) is -3.77. The Hall–Kier alpha value is -1.94. The Balaban J connectivity index is 0.00000342. The van der Waals surface area contributed by atoms with E-state index < -0.39 is 30.4 Å². The molecule has 1 radical (unpaired) electrons. The van der Waals surface area contributed by atoms with Gasteiger partial charge in [0.25, 0.3) is 5.91 Å². The molecule has 197 valence electrons. The molecule has 2 aliphatic rings. The van der Waals surface area contributed by atoms with Crippen LogP contribution in [0.1, 0.15) is 6.23 Å². The first-order valence-corrected chi connectivity index (χ1v) is 11.6. The number of carbonyl (C=O) groups is 1. The number of nitrogens with two attached hydrogens (primary N) is 1. The van der Waals surface area contributed by atoms with E-state index in [-0.39, 0.29) is 22.9 Å². The summed E-state index contributed by atoms with van der Waals surface area (Å²) in [6.45, 7) is 8.19. The van der Waals surface area contributed by atoms with E-state index >= 15 is 0 Å². The van der Waals surface area contributed by atoms with Gasteiger partial charge in [-0.05, 0) is 0 Å². The molecule has 0 spiro atoms. The fraction of sp³-hybridized carbons (Fsp3) is 0.700. The van der Waals surface area contributed by atoms with Crippen LogP contribution in [0.2, 0.25) is 0 Å². The molecule has 2 aromatic heterocycles. The number of amides is 1. The maximum absolute atomic E-state index is 12.8. The van der Waals surface area contributed by atoms with Crippen LogP contribution in [0.4, 0.5) is 5.82 Å². The van der Waals surface area contributed by atoms with Crippen LogP contribution in [0.25, 0.3) is 11.2 Å². The van der Waals surface area contributed by atoms with Crippen LogP contribution < -0.4 is 27.0 Å². The first-order valence-electron chi connectivity index (χ1n) is 11.6. The van der Waals surface area contributed by atoms with E-state index in [1.54, 1.807) is 0 Å². The van der Waals surface area contributed by atoms with Crippen molar-refractivity contribution in [1.82, 2.24) is 45.7 Å². The number of hydrogen-bond acceptors (Lipinski definition) is 12. The second-order valence-corrected chi connectivity index (χ2v) is 8.39. The predicted molar refractivity (Wildman–Crippen MR) is 124 cm³/mol. The third-order valence-corrected chi connectivity index (χ3v) is 6.05. The fourth-order valence-corrected chi connectivity index (χ4v) is 4.14. The van der Waals surface area contributed by atoms with E-state index in [9.17, 15) is 15.0 Å². The van der Waals surface area contributed by atoms with E-state index in [0.717, 1.165) is 52.4 Å². The zero-order valence-corrected chi connectivity index (χ0v) is 20.3. The number of aliphatic hydroxyl groups excluding tert-OH is 2. The van der Waals surface area contributed by atoms with E-state index in [1.807, 2.05) is 0 Å². The number of aliphatic hydroxyl groups is 2. The van der Waals surface area contributed by atoms with Crippen LogP contribution >= 0.6 is 0 Å². The van der Waals surface area contributed by atoms with Gasteiger partial charge in [-0.2, -0.15) is 0 Å². The van der Waals surface area contributed by atoms with E-state index in [4.69, 9.17) is 10.5 Å². The molecule has 4 rings (SSSR count). The number of anilines is 1. The Kier molecular flexibility index (Phi) is 10.6. The van der Waals surface area contributed by atoms with Crippen molar-refractivity contribution in [2.45, 2.75) is 24.5 Å². The van der Waals surface area contributed by atoms with Crippen molar-refractivity contribution in [2.24, 2.45) is 0 Å². The Morgan fingerprint density at radius 2 is 1.71 bits per heavy atom. The minimum atomic E-state index is -1.40. The second-order valence-electron chi connectivity index (χ2n) is 8.39. The molecule has 0 saturated carbocycles. The number of carbonyl (C=O) groups excluding carboxylic acids is 1. The average Bonchev–Trinajstić information content (AvgIpc) is 3.37. The van der Waals surface area contributed by atoms with Gasteiger partial charge in [0.1, 0.15) is 24.1 Å². The zero-order chi connectivity index (χ0) is 23.9. The summed E-state index contributed by atoms with van der Waals surface area (Å²) in [4.78, 5) is 27.2. The standard InChI is InChI=1S/C20H34N10O4.Cu/c21-17-13-18(27-11-26-17)30(12-28-13)20-15(32)14(31)16(34-20)19(33)25-7-10-29-8-5-23-3-1-22-2-4-24-6-9-29;/h11-12,14-16,20,22-24,31-32H,1-10H2,(H,25,33)(H2,21,26,27);/q;+2/t14-,15+,16-,20+;/m0./s1. The van der Waals surface area contributed by atoms with Gasteiger partial charge in [-0.15, -0.1) is 0 Å². The summed E-state index contributed by atoms with van der Waals surface area (Å²) in [6, 6.07) is 0. The van der Waals surface area contributed by atoms with Crippen LogP contribution in [0.3, 0.4) is 0 Å². The first kappa shape index (κ1) is 27.6. The molecule has 14 nitrogen and oxygen atoms in total. The number of ether oxygens (including phenoxy) is 1. The van der Waals surface area contributed by atoms with E-state index in [1.165, 1.54) is 17.2 Å². The molecule has 15 heteroatoms. The maximum Gasteiger partial charge on any atom is 2.00 e. The van der Waals surface area contributed by atoms with Gasteiger partial charge in [-0.3, -0.25) is 14.3 Å². The molecular formula is C20H34CuN10O4+2. The number of nitrogen functional groups attached to an aromatic ring is 1. The summed E-state index contributed by atoms with van der Waals surface area (Å²) in [5.74, 6) is -0.292. The Morgan fingerprint density at radius 1 is 1.06 bits per heavy atom. The van der Waals surface area contributed by atoms with Gasteiger partial charge in [0, 0.05) is 65.4 Å². The van der Waals surface area contributed by atoms with Crippen LogP contribution in [-0.2, 0) is 26.6 Å². The Bertz CT molecular complexity index is 938. The molecule has 1 amide bonds. The molecule has 0 aromatic carbocycles. The SMILES string of the molecule is Nc1ncnc2c1ncn2[C@@H]1O[C@H](C(=O)NCCN2CCNCCNCCNCC2)[C@@H](O)[C@H]1O.[Cu+2]. The number of aromatic nitrogens is 4. The molecule has 2 saturated heterocycles. The number of rotatable bonds is 5. The molecule has 4 atom stereocenters. The summed E-state index contributed by atoms with van der Waals surface area (Å²) in [7, 11) is 0. The van der Waals surface area contributed by atoms with Crippen molar-refractivity contribution >= 4 is 22.9 Å². The number of nitrogens with one attached hydrogen (secondary N) is 4. The maximum atomic E-state index is 12.8. The van der Waals surface area contributed by atoms with Gasteiger partial charge < -0.3 is 42.0 Å². The van der Waals surface area contributed by atoms with Crippen molar-refractivity contribution in [3.8, 4) is 0 Å². The van der Waals surface area contributed by atoms with Crippen LogP contribution in [0.5, 0.6) is 0 Å². The summed E-state index contributed by atoms with van der Waals surface area (Å²) < 4.78 is 7.19. The van der Waals surface area contributed by atoms with Gasteiger partial charge in [0.05, 0.1) is 6.33 Å². The summed E-state index contributed by atoms with van der Waals surface area (Å²) in [5, 5.41) is 34.0. The smallest absolute Gasteiger partial charge is 0.387 e. The van der Waals surface area contributed by atoms with Crippen molar-refractivity contribution in [3.63, 3.8) is 0 Å². The molecule has 0 aliphatic carbocycles. The molecular weight excluding hydrogens is 508 g/mol. The molecule has 2 aromatic rings. The number of imidazole rings is 1. The Morgan fingerprint density at radius 3 is 2.40 bits per heavy atom. The van der Waals surface area contributed by atoms with Gasteiger partial charge in [0.15, 0.2) is 23.8 Å².